The molecule has 10 heteroatoms. The van der Waals surface area contributed by atoms with E-state index in [1.54, 1.807) is 30.8 Å². The largest absolute Gasteiger partial charge is 0.497 e. The number of nitrogens with zero attached hydrogens (tertiary/aromatic N) is 6. The molecule has 1 aliphatic rings. The van der Waals surface area contributed by atoms with Gasteiger partial charge in [-0.1, -0.05) is 29.3 Å². The van der Waals surface area contributed by atoms with Crippen molar-refractivity contribution in [3.05, 3.63) is 64.7 Å². The first-order valence-corrected chi connectivity index (χ1v) is 11.5. The van der Waals surface area contributed by atoms with Crippen molar-refractivity contribution in [1.82, 2.24) is 29.8 Å². The van der Waals surface area contributed by atoms with E-state index < -0.39 is 0 Å². The molecule has 4 aromatic rings. The lowest BCUT2D eigenvalue weighted by Crippen LogP contribution is -2.14. The Hall–Kier alpha value is -3.72. The molecule has 0 saturated heterocycles. The Balaban J connectivity index is 1.41. The van der Waals surface area contributed by atoms with Crippen molar-refractivity contribution in [3.63, 3.8) is 0 Å². The SMILES string of the molecule is COc1cccc(-n2nnc(C(=O)Nc3ccc(Cl)c(-c4nnc5n4CCCCC5)c3)c2C)c1. The Kier molecular flexibility index (Phi) is 6.02. The molecule has 0 radical (unpaired) electrons. The van der Waals surface area contributed by atoms with Crippen LogP contribution in [0, 0.1) is 6.92 Å². The first-order chi connectivity index (χ1) is 16.5. The normalized spacial score (nSPS) is 13.3. The summed E-state index contributed by atoms with van der Waals surface area (Å²) in [5, 5.41) is 20.5. The van der Waals surface area contributed by atoms with Gasteiger partial charge in [0.15, 0.2) is 11.5 Å². The van der Waals surface area contributed by atoms with E-state index in [0.29, 0.717) is 22.2 Å². The Labute approximate surface area is 201 Å². The molecule has 0 saturated carbocycles. The van der Waals surface area contributed by atoms with E-state index in [2.05, 4.69) is 30.4 Å². The third kappa shape index (κ3) is 4.14. The average molecular weight is 478 g/mol. The molecule has 5 rings (SSSR count). The zero-order valence-electron chi connectivity index (χ0n) is 19.0. The number of nitrogens with one attached hydrogen (secondary N) is 1. The highest BCUT2D eigenvalue weighted by Crippen LogP contribution is 2.31. The fourth-order valence-electron chi connectivity index (χ4n) is 4.18. The van der Waals surface area contributed by atoms with Crippen molar-refractivity contribution in [3.8, 4) is 22.8 Å². The molecule has 2 aromatic carbocycles. The summed E-state index contributed by atoms with van der Waals surface area (Å²) in [5.74, 6) is 2.03. The van der Waals surface area contributed by atoms with Crippen molar-refractivity contribution in [2.24, 2.45) is 0 Å². The minimum Gasteiger partial charge on any atom is -0.497 e. The molecule has 1 amide bonds. The van der Waals surface area contributed by atoms with Crippen LogP contribution in [0.15, 0.2) is 42.5 Å². The number of aryl methyl sites for hydroxylation is 1. The van der Waals surface area contributed by atoms with E-state index in [9.17, 15) is 4.79 Å². The molecule has 1 N–H and O–H groups in total. The number of hydrogen-bond acceptors (Lipinski definition) is 6. The third-order valence-electron chi connectivity index (χ3n) is 5.98. The van der Waals surface area contributed by atoms with Gasteiger partial charge in [0, 0.05) is 30.3 Å². The standard InChI is InChI=1S/C24H24ClN7O2/c1-15-22(28-30-32(15)17-7-6-8-18(14-17)34-2)24(33)26-16-10-11-20(25)19(13-16)23-29-27-21-9-4-3-5-12-31(21)23/h6-8,10-11,13-14H,3-5,9,12H2,1-2H3,(H,26,33). The van der Waals surface area contributed by atoms with Gasteiger partial charge in [-0.25, -0.2) is 4.68 Å². The molecule has 0 atom stereocenters. The van der Waals surface area contributed by atoms with Gasteiger partial charge in [-0.05, 0) is 50.1 Å². The monoisotopic (exact) mass is 477 g/mol. The van der Waals surface area contributed by atoms with Crippen LogP contribution in [-0.4, -0.2) is 42.8 Å². The summed E-state index contributed by atoms with van der Waals surface area (Å²) in [6.45, 7) is 2.66. The number of anilines is 1. The molecule has 0 aliphatic carbocycles. The van der Waals surface area contributed by atoms with E-state index >= 15 is 0 Å². The number of carbonyl (C=O) groups excluding carboxylic acids is 1. The number of aromatic nitrogens is 6. The number of hydrogen-bond donors (Lipinski definition) is 1. The van der Waals surface area contributed by atoms with Crippen LogP contribution in [0.4, 0.5) is 5.69 Å². The number of amides is 1. The molecule has 0 unspecified atom stereocenters. The summed E-state index contributed by atoms with van der Waals surface area (Å²) in [6, 6.07) is 12.7. The molecule has 2 aromatic heterocycles. The minimum absolute atomic E-state index is 0.232. The Morgan fingerprint density at radius 1 is 1.09 bits per heavy atom. The summed E-state index contributed by atoms with van der Waals surface area (Å²) in [4.78, 5) is 13.0. The number of halogens is 1. The second kappa shape index (κ2) is 9.26. The van der Waals surface area contributed by atoms with Crippen LogP contribution in [0.1, 0.15) is 41.3 Å². The van der Waals surface area contributed by atoms with E-state index in [1.807, 2.05) is 30.3 Å². The second-order valence-corrected chi connectivity index (χ2v) is 8.59. The molecular formula is C24H24ClN7O2. The van der Waals surface area contributed by atoms with E-state index in [-0.39, 0.29) is 11.6 Å². The maximum atomic E-state index is 13.0. The topological polar surface area (TPSA) is 99.8 Å². The fraction of sp³-hybridized carbons (Fsp3) is 0.292. The summed E-state index contributed by atoms with van der Waals surface area (Å²) < 4.78 is 9.02. The average Bonchev–Trinajstić information content (AvgIpc) is 3.35. The maximum Gasteiger partial charge on any atom is 0.278 e. The lowest BCUT2D eigenvalue weighted by atomic mass is 10.1. The molecular weight excluding hydrogens is 454 g/mol. The van der Waals surface area contributed by atoms with Gasteiger partial charge in [-0.2, -0.15) is 0 Å². The van der Waals surface area contributed by atoms with Crippen molar-refractivity contribution >= 4 is 23.2 Å². The molecule has 0 fully saturated rings. The summed E-state index contributed by atoms with van der Waals surface area (Å²) in [5.41, 5.74) is 2.92. The number of fused-ring (bicyclic) bond motifs is 1. The number of benzene rings is 2. The predicted octanol–water partition coefficient (Wildman–Crippen LogP) is 4.47. The quantitative estimate of drug-likeness (QED) is 0.455. The zero-order valence-corrected chi connectivity index (χ0v) is 19.7. The maximum absolute atomic E-state index is 13.0. The van der Waals surface area contributed by atoms with Gasteiger partial charge >= 0.3 is 0 Å². The van der Waals surface area contributed by atoms with E-state index in [0.717, 1.165) is 48.7 Å². The van der Waals surface area contributed by atoms with Crippen molar-refractivity contribution in [1.29, 1.82) is 0 Å². The van der Waals surface area contributed by atoms with Crippen LogP contribution in [0.2, 0.25) is 5.02 Å². The highest BCUT2D eigenvalue weighted by molar-refractivity contribution is 6.33. The van der Waals surface area contributed by atoms with Crippen LogP contribution < -0.4 is 10.1 Å². The molecule has 34 heavy (non-hydrogen) atoms. The smallest absolute Gasteiger partial charge is 0.278 e. The van der Waals surface area contributed by atoms with Gasteiger partial charge < -0.3 is 14.6 Å². The van der Waals surface area contributed by atoms with Gasteiger partial charge in [0.1, 0.15) is 11.6 Å². The summed E-state index contributed by atoms with van der Waals surface area (Å²) >= 11 is 6.52. The Bertz CT molecular complexity index is 1360. The Morgan fingerprint density at radius 3 is 2.82 bits per heavy atom. The molecule has 174 valence electrons. The van der Waals surface area contributed by atoms with Crippen molar-refractivity contribution in [2.45, 2.75) is 39.2 Å². The highest BCUT2D eigenvalue weighted by Gasteiger charge is 2.21. The van der Waals surface area contributed by atoms with Crippen LogP contribution in [0.5, 0.6) is 5.75 Å². The lowest BCUT2D eigenvalue weighted by molar-refractivity contribution is 0.102. The highest BCUT2D eigenvalue weighted by atomic mass is 35.5. The predicted molar refractivity (Wildman–Crippen MR) is 129 cm³/mol. The van der Waals surface area contributed by atoms with Crippen LogP contribution in [-0.2, 0) is 13.0 Å². The van der Waals surface area contributed by atoms with Crippen LogP contribution in [0.25, 0.3) is 17.1 Å². The number of methoxy groups -OCH3 is 1. The molecule has 9 nitrogen and oxygen atoms in total. The third-order valence-corrected chi connectivity index (χ3v) is 6.31. The minimum atomic E-state index is -0.361. The van der Waals surface area contributed by atoms with Gasteiger partial charge in [-0.3, -0.25) is 4.79 Å². The number of rotatable bonds is 5. The van der Waals surface area contributed by atoms with E-state index in [4.69, 9.17) is 16.3 Å². The number of carbonyl (C=O) groups is 1. The van der Waals surface area contributed by atoms with Gasteiger partial charge in [0.25, 0.3) is 5.91 Å². The van der Waals surface area contributed by atoms with Crippen LogP contribution in [0.3, 0.4) is 0 Å². The van der Waals surface area contributed by atoms with Crippen molar-refractivity contribution in [2.75, 3.05) is 12.4 Å². The zero-order chi connectivity index (χ0) is 23.7. The Morgan fingerprint density at radius 2 is 1.97 bits per heavy atom. The second-order valence-electron chi connectivity index (χ2n) is 8.19. The molecule has 1 aliphatic heterocycles. The van der Waals surface area contributed by atoms with Crippen molar-refractivity contribution < 1.29 is 9.53 Å². The summed E-state index contributed by atoms with van der Waals surface area (Å²) in [7, 11) is 1.60. The number of ether oxygens (including phenoxy) is 1. The van der Waals surface area contributed by atoms with E-state index in [1.165, 1.54) is 6.42 Å². The lowest BCUT2D eigenvalue weighted by Gasteiger charge is -2.11. The van der Waals surface area contributed by atoms with Gasteiger partial charge in [0.05, 0.1) is 23.5 Å². The van der Waals surface area contributed by atoms with Crippen LogP contribution >= 0.6 is 11.6 Å². The first kappa shape index (κ1) is 22.1. The summed E-state index contributed by atoms with van der Waals surface area (Å²) in [6.07, 6.45) is 4.26. The van der Waals surface area contributed by atoms with Gasteiger partial charge in [0.2, 0.25) is 0 Å². The molecule has 0 spiro atoms. The molecule has 0 bridgehead atoms. The fourth-order valence-corrected chi connectivity index (χ4v) is 4.38. The first-order valence-electron chi connectivity index (χ1n) is 11.1. The molecule has 3 heterocycles. The van der Waals surface area contributed by atoms with Gasteiger partial charge in [-0.15, -0.1) is 15.3 Å².